The summed E-state index contributed by atoms with van der Waals surface area (Å²) in [7, 11) is 0. The molecule has 4 rings (SSSR count). The lowest BCUT2D eigenvalue weighted by Gasteiger charge is -2.32. The minimum atomic E-state index is -1.05. The Morgan fingerprint density at radius 3 is 2.23 bits per heavy atom. The molecule has 0 radical (unpaired) electrons. The molecule has 3 atom stereocenters. The van der Waals surface area contributed by atoms with E-state index in [1.807, 2.05) is 38.1 Å². The number of aliphatic carboxylic acids is 1. The van der Waals surface area contributed by atoms with Crippen LogP contribution in [0.1, 0.15) is 63.5 Å². The minimum Gasteiger partial charge on any atom is -0.480 e. The van der Waals surface area contributed by atoms with Crippen molar-refractivity contribution < 1.29 is 24.2 Å². The number of carbonyl (C=O) groups is 3. The third-order valence-corrected chi connectivity index (χ3v) is 7.42. The Bertz CT molecular complexity index is 1070. The van der Waals surface area contributed by atoms with Gasteiger partial charge in [-0.2, -0.15) is 0 Å². The molecule has 2 amide bonds. The summed E-state index contributed by atoms with van der Waals surface area (Å²) >= 11 is 0. The summed E-state index contributed by atoms with van der Waals surface area (Å²) in [5.41, 5.74) is 3.70. The van der Waals surface area contributed by atoms with Crippen molar-refractivity contribution in [3.05, 3.63) is 59.7 Å². The van der Waals surface area contributed by atoms with E-state index in [1.165, 1.54) is 0 Å². The lowest BCUT2D eigenvalue weighted by molar-refractivity contribution is -0.144. The van der Waals surface area contributed by atoms with E-state index in [4.69, 9.17) is 4.74 Å². The van der Waals surface area contributed by atoms with Crippen LogP contribution in [-0.4, -0.2) is 41.8 Å². The van der Waals surface area contributed by atoms with Crippen LogP contribution in [0.3, 0.4) is 0 Å². The molecule has 0 heterocycles. The van der Waals surface area contributed by atoms with Gasteiger partial charge in [0, 0.05) is 12.0 Å². The van der Waals surface area contributed by atoms with E-state index < -0.39 is 29.6 Å². The summed E-state index contributed by atoms with van der Waals surface area (Å²) in [6.07, 6.45) is 1.76. The number of benzene rings is 2. The number of alkyl carbamates (subject to hydrolysis) is 1. The van der Waals surface area contributed by atoms with Crippen molar-refractivity contribution in [3.8, 4) is 11.1 Å². The summed E-state index contributed by atoms with van der Waals surface area (Å²) in [4.78, 5) is 37.6. The van der Waals surface area contributed by atoms with Crippen LogP contribution in [0.5, 0.6) is 0 Å². The van der Waals surface area contributed by atoms with Crippen molar-refractivity contribution in [1.82, 2.24) is 10.6 Å². The zero-order valence-electron chi connectivity index (χ0n) is 20.5. The van der Waals surface area contributed by atoms with Crippen LogP contribution in [0.4, 0.5) is 4.79 Å². The fourth-order valence-corrected chi connectivity index (χ4v) is 5.47. The van der Waals surface area contributed by atoms with Crippen LogP contribution in [0, 0.1) is 11.3 Å². The number of hydrogen-bond donors (Lipinski definition) is 3. The van der Waals surface area contributed by atoms with E-state index in [9.17, 15) is 19.5 Å². The molecule has 35 heavy (non-hydrogen) atoms. The number of carboxylic acid groups (broad SMARTS) is 1. The Balaban J connectivity index is 1.40. The molecule has 7 nitrogen and oxygen atoms in total. The van der Waals surface area contributed by atoms with E-state index in [2.05, 4.69) is 34.9 Å². The minimum absolute atomic E-state index is 0.0428. The Morgan fingerprint density at radius 1 is 1.06 bits per heavy atom. The summed E-state index contributed by atoms with van der Waals surface area (Å²) in [6.45, 7) is 5.82. The van der Waals surface area contributed by atoms with Crippen LogP contribution >= 0.6 is 0 Å². The average molecular weight is 479 g/mol. The van der Waals surface area contributed by atoms with Crippen molar-refractivity contribution in [3.63, 3.8) is 0 Å². The third kappa shape index (κ3) is 5.04. The van der Waals surface area contributed by atoms with Crippen molar-refractivity contribution in [2.24, 2.45) is 11.3 Å². The third-order valence-electron chi connectivity index (χ3n) is 7.42. The summed E-state index contributed by atoms with van der Waals surface area (Å²) in [6, 6.07) is 14.9. The van der Waals surface area contributed by atoms with Gasteiger partial charge >= 0.3 is 12.1 Å². The van der Waals surface area contributed by atoms with Crippen LogP contribution < -0.4 is 10.6 Å². The molecule has 2 aromatic carbocycles. The predicted molar refractivity (Wildman–Crippen MR) is 133 cm³/mol. The van der Waals surface area contributed by atoms with Gasteiger partial charge in [0.1, 0.15) is 12.6 Å². The van der Waals surface area contributed by atoms with Crippen LogP contribution in [0.2, 0.25) is 0 Å². The molecule has 0 aliphatic heterocycles. The van der Waals surface area contributed by atoms with Crippen LogP contribution in [0.25, 0.3) is 11.1 Å². The molecule has 0 aromatic heterocycles. The lowest BCUT2D eigenvalue weighted by Crippen LogP contribution is -2.54. The number of amides is 2. The summed E-state index contributed by atoms with van der Waals surface area (Å²) in [5, 5.41) is 15.1. The normalized spacial score (nSPS) is 21.8. The molecule has 3 N–H and O–H groups in total. The van der Waals surface area contributed by atoms with Gasteiger partial charge < -0.3 is 20.5 Å². The molecule has 0 spiro atoms. The van der Waals surface area contributed by atoms with E-state index >= 15 is 0 Å². The molecule has 3 unspecified atom stereocenters. The molecule has 0 saturated heterocycles. The van der Waals surface area contributed by atoms with Gasteiger partial charge in [0.25, 0.3) is 0 Å². The van der Waals surface area contributed by atoms with E-state index in [-0.39, 0.29) is 24.3 Å². The highest BCUT2D eigenvalue weighted by molar-refractivity contribution is 5.88. The topological polar surface area (TPSA) is 105 Å². The lowest BCUT2D eigenvalue weighted by atomic mass is 9.83. The largest absolute Gasteiger partial charge is 0.480 e. The quantitative estimate of drug-likeness (QED) is 0.510. The van der Waals surface area contributed by atoms with Gasteiger partial charge in [-0.1, -0.05) is 68.8 Å². The second-order valence-electron chi connectivity index (χ2n) is 10.3. The SMILES string of the molecule is CC(C)CC(NC(=O)C1(C)CCCC1NC(=O)OCC1c2ccccc2-c2ccccc21)C(=O)O. The number of nitrogens with one attached hydrogen (secondary N) is 2. The van der Waals surface area contributed by atoms with Crippen molar-refractivity contribution in [1.29, 1.82) is 0 Å². The van der Waals surface area contributed by atoms with E-state index in [1.54, 1.807) is 6.92 Å². The van der Waals surface area contributed by atoms with Crippen LogP contribution in [0.15, 0.2) is 48.5 Å². The predicted octanol–water partition coefficient (Wildman–Crippen LogP) is 4.70. The van der Waals surface area contributed by atoms with Gasteiger partial charge in [-0.05, 0) is 54.4 Å². The van der Waals surface area contributed by atoms with Crippen molar-refractivity contribution in [2.45, 2.75) is 64.5 Å². The maximum Gasteiger partial charge on any atom is 0.407 e. The monoisotopic (exact) mass is 478 g/mol. The number of ether oxygens (including phenoxy) is 1. The van der Waals surface area contributed by atoms with E-state index in [0.29, 0.717) is 19.3 Å². The fraction of sp³-hybridized carbons (Fsp3) is 0.464. The standard InChI is InChI=1S/C28H34N2O5/c1-17(2)15-23(25(31)32)29-26(33)28(3)14-8-13-24(28)30-27(34)35-16-22-20-11-6-4-9-18(20)19-10-5-7-12-21(19)22/h4-7,9-12,17,22-24H,8,13-16H2,1-3H3,(H,29,33)(H,30,34)(H,31,32). The molecular formula is C28H34N2O5. The second-order valence-corrected chi connectivity index (χ2v) is 10.3. The highest BCUT2D eigenvalue weighted by atomic mass is 16.5. The summed E-state index contributed by atoms with van der Waals surface area (Å²) in [5.74, 6) is -1.30. The second kappa shape index (κ2) is 10.1. The highest BCUT2D eigenvalue weighted by Crippen LogP contribution is 2.44. The fourth-order valence-electron chi connectivity index (χ4n) is 5.47. The van der Waals surface area contributed by atoms with Gasteiger partial charge in [0.05, 0.1) is 5.41 Å². The molecule has 0 bridgehead atoms. The first-order valence-corrected chi connectivity index (χ1v) is 12.4. The molecule has 186 valence electrons. The Kier molecular flexibility index (Phi) is 7.15. The molecule has 7 heteroatoms. The van der Waals surface area contributed by atoms with Gasteiger partial charge in [0.2, 0.25) is 5.91 Å². The number of hydrogen-bond acceptors (Lipinski definition) is 4. The number of carbonyl (C=O) groups excluding carboxylic acids is 2. The number of fused-ring (bicyclic) bond motifs is 3. The molecule has 1 fully saturated rings. The zero-order valence-corrected chi connectivity index (χ0v) is 20.5. The van der Waals surface area contributed by atoms with E-state index in [0.717, 1.165) is 28.7 Å². The molecule has 2 aliphatic rings. The highest BCUT2D eigenvalue weighted by Gasteiger charge is 2.47. The molecule has 1 saturated carbocycles. The van der Waals surface area contributed by atoms with Crippen molar-refractivity contribution in [2.75, 3.05) is 6.61 Å². The zero-order chi connectivity index (χ0) is 25.2. The van der Waals surface area contributed by atoms with Gasteiger partial charge in [-0.3, -0.25) is 4.79 Å². The average Bonchev–Trinajstić information content (AvgIpc) is 3.35. The first-order valence-electron chi connectivity index (χ1n) is 12.4. The van der Waals surface area contributed by atoms with Crippen molar-refractivity contribution >= 4 is 18.0 Å². The molecule has 2 aliphatic carbocycles. The first kappa shape index (κ1) is 24.8. The number of carboxylic acids is 1. The Labute approximate surface area is 206 Å². The van der Waals surface area contributed by atoms with Gasteiger partial charge in [-0.15, -0.1) is 0 Å². The molecular weight excluding hydrogens is 444 g/mol. The van der Waals surface area contributed by atoms with Crippen LogP contribution in [-0.2, 0) is 14.3 Å². The maximum absolute atomic E-state index is 13.1. The smallest absolute Gasteiger partial charge is 0.407 e. The Hall–Kier alpha value is -3.35. The van der Waals surface area contributed by atoms with Gasteiger partial charge in [-0.25, -0.2) is 9.59 Å². The molecule has 2 aromatic rings. The van der Waals surface area contributed by atoms with Gasteiger partial charge in [0.15, 0.2) is 0 Å². The maximum atomic E-state index is 13.1. The first-order chi connectivity index (χ1) is 16.7. The number of rotatable bonds is 8. The Morgan fingerprint density at radius 2 is 1.66 bits per heavy atom. The summed E-state index contributed by atoms with van der Waals surface area (Å²) < 4.78 is 5.67.